The van der Waals surface area contributed by atoms with Crippen molar-refractivity contribution in [3.63, 3.8) is 0 Å². The average molecular weight is 284 g/mol. The molecule has 5 nitrogen and oxygen atoms in total. The predicted molar refractivity (Wildman–Crippen MR) is 79.6 cm³/mol. The van der Waals surface area contributed by atoms with Crippen molar-refractivity contribution in [2.45, 2.75) is 32.1 Å². The Balaban J connectivity index is 2.18. The standard InChI is InChI=1S/C15H28N2O3/c1-20-12-10-17(9-11-18)13-15(19)16-8-7-14-5-3-2-4-6-14/h5,18H,2-4,6-13H2,1H3,(H,16,19). The van der Waals surface area contributed by atoms with Crippen LogP contribution in [0, 0.1) is 0 Å². The Morgan fingerprint density at radius 2 is 2.30 bits per heavy atom. The number of methoxy groups -OCH3 is 1. The Morgan fingerprint density at radius 3 is 2.95 bits per heavy atom. The van der Waals surface area contributed by atoms with E-state index in [1.165, 1.54) is 31.3 Å². The quantitative estimate of drug-likeness (QED) is 0.586. The SMILES string of the molecule is COCCN(CCO)CC(=O)NCCC1=CCCCC1. The second-order valence-corrected chi connectivity index (χ2v) is 5.20. The topological polar surface area (TPSA) is 61.8 Å². The van der Waals surface area contributed by atoms with Gasteiger partial charge in [0.05, 0.1) is 19.8 Å². The number of nitrogens with one attached hydrogen (secondary N) is 1. The largest absolute Gasteiger partial charge is 0.395 e. The minimum absolute atomic E-state index is 0.0194. The first-order chi connectivity index (χ1) is 9.76. The lowest BCUT2D eigenvalue weighted by molar-refractivity contribution is -0.122. The summed E-state index contributed by atoms with van der Waals surface area (Å²) in [6, 6.07) is 0. The van der Waals surface area contributed by atoms with Crippen molar-refractivity contribution in [2.24, 2.45) is 0 Å². The molecule has 0 saturated carbocycles. The van der Waals surface area contributed by atoms with Crippen molar-refractivity contribution < 1.29 is 14.6 Å². The number of nitrogens with zero attached hydrogens (tertiary/aromatic N) is 1. The zero-order valence-corrected chi connectivity index (χ0v) is 12.6. The van der Waals surface area contributed by atoms with Crippen molar-refractivity contribution in [1.82, 2.24) is 10.2 Å². The van der Waals surface area contributed by atoms with Gasteiger partial charge in [0.1, 0.15) is 0 Å². The van der Waals surface area contributed by atoms with E-state index in [-0.39, 0.29) is 12.5 Å². The number of carbonyl (C=O) groups is 1. The van der Waals surface area contributed by atoms with Crippen LogP contribution in [0.2, 0.25) is 0 Å². The molecule has 2 N–H and O–H groups in total. The van der Waals surface area contributed by atoms with Crippen LogP contribution in [0.4, 0.5) is 0 Å². The van der Waals surface area contributed by atoms with Gasteiger partial charge in [-0.2, -0.15) is 0 Å². The fourth-order valence-corrected chi connectivity index (χ4v) is 2.38. The monoisotopic (exact) mass is 284 g/mol. The zero-order valence-electron chi connectivity index (χ0n) is 12.6. The number of rotatable bonds is 10. The second kappa shape index (κ2) is 10.8. The molecule has 0 unspecified atom stereocenters. The maximum absolute atomic E-state index is 11.8. The summed E-state index contributed by atoms with van der Waals surface area (Å²) in [7, 11) is 1.63. The predicted octanol–water partition coefficient (Wildman–Crippen LogP) is 0.934. The number of hydrogen-bond donors (Lipinski definition) is 2. The third kappa shape index (κ3) is 7.62. The van der Waals surface area contributed by atoms with E-state index in [0.29, 0.717) is 32.8 Å². The highest BCUT2D eigenvalue weighted by molar-refractivity contribution is 5.78. The molecule has 5 heteroatoms. The first-order valence-electron chi connectivity index (χ1n) is 7.53. The molecule has 1 aliphatic rings. The van der Waals surface area contributed by atoms with Crippen LogP contribution in [-0.4, -0.2) is 62.4 Å². The van der Waals surface area contributed by atoms with Gasteiger partial charge in [-0.05, 0) is 32.1 Å². The van der Waals surface area contributed by atoms with E-state index in [4.69, 9.17) is 9.84 Å². The van der Waals surface area contributed by atoms with Gasteiger partial charge in [0.15, 0.2) is 0 Å². The number of carbonyl (C=O) groups excluding carboxylic acids is 1. The highest BCUT2D eigenvalue weighted by Crippen LogP contribution is 2.19. The number of aliphatic hydroxyl groups is 1. The van der Waals surface area contributed by atoms with Crippen molar-refractivity contribution >= 4 is 5.91 Å². The van der Waals surface area contributed by atoms with Gasteiger partial charge in [0.2, 0.25) is 5.91 Å². The van der Waals surface area contributed by atoms with E-state index in [9.17, 15) is 4.79 Å². The van der Waals surface area contributed by atoms with Gasteiger partial charge in [-0.15, -0.1) is 0 Å². The van der Waals surface area contributed by atoms with E-state index in [0.717, 1.165) is 6.42 Å². The number of allylic oxidation sites excluding steroid dienone is 1. The highest BCUT2D eigenvalue weighted by Gasteiger charge is 2.10. The normalized spacial score (nSPS) is 15.2. The molecule has 0 atom stereocenters. The van der Waals surface area contributed by atoms with Gasteiger partial charge in [0, 0.05) is 26.7 Å². The zero-order chi connectivity index (χ0) is 14.6. The molecule has 1 aliphatic carbocycles. The van der Waals surface area contributed by atoms with Crippen LogP contribution in [0.3, 0.4) is 0 Å². The maximum Gasteiger partial charge on any atom is 0.234 e. The first kappa shape index (κ1) is 17.1. The lowest BCUT2D eigenvalue weighted by Gasteiger charge is -2.20. The molecule has 20 heavy (non-hydrogen) atoms. The third-order valence-electron chi connectivity index (χ3n) is 3.55. The van der Waals surface area contributed by atoms with Crippen molar-refractivity contribution in [2.75, 3.05) is 46.5 Å². The third-order valence-corrected chi connectivity index (χ3v) is 3.55. The van der Waals surface area contributed by atoms with Gasteiger partial charge >= 0.3 is 0 Å². The van der Waals surface area contributed by atoms with E-state index < -0.39 is 0 Å². The molecule has 0 aliphatic heterocycles. The van der Waals surface area contributed by atoms with Crippen molar-refractivity contribution in [3.8, 4) is 0 Å². The summed E-state index contributed by atoms with van der Waals surface area (Å²) in [5.41, 5.74) is 1.48. The fraction of sp³-hybridized carbons (Fsp3) is 0.800. The van der Waals surface area contributed by atoms with E-state index in [1.807, 2.05) is 4.90 Å². The molecule has 0 saturated heterocycles. The summed E-state index contributed by atoms with van der Waals surface area (Å²) in [5.74, 6) is 0.0194. The summed E-state index contributed by atoms with van der Waals surface area (Å²) < 4.78 is 5.00. The molecule has 1 rings (SSSR count). The van der Waals surface area contributed by atoms with Crippen LogP contribution in [0.5, 0.6) is 0 Å². The maximum atomic E-state index is 11.8. The number of amides is 1. The number of aliphatic hydroxyl groups excluding tert-OH is 1. The summed E-state index contributed by atoms with van der Waals surface area (Å²) in [6.45, 7) is 2.83. The van der Waals surface area contributed by atoms with Crippen LogP contribution in [0.25, 0.3) is 0 Å². The molecule has 116 valence electrons. The van der Waals surface area contributed by atoms with Crippen molar-refractivity contribution in [1.29, 1.82) is 0 Å². The van der Waals surface area contributed by atoms with Crippen LogP contribution < -0.4 is 5.32 Å². The lowest BCUT2D eigenvalue weighted by Crippen LogP contribution is -2.40. The smallest absolute Gasteiger partial charge is 0.234 e. The summed E-state index contributed by atoms with van der Waals surface area (Å²) in [5, 5.41) is 11.9. The van der Waals surface area contributed by atoms with Crippen LogP contribution in [0.1, 0.15) is 32.1 Å². The summed E-state index contributed by atoms with van der Waals surface area (Å²) in [4.78, 5) is 13.7. The van der Waals surface area contributed by atoms with Gasteiger partial charge in [-0.3, -0.25) is 9.69 Å². The van der Waals surface area contributed by atoms with Crippen LogP contribution >= 0.6 is 0 Å². The molecule has 0 aromatic carbocycles. The molecular formula is C15H28N2O3. The first-order valence-corrected chi connectivity index (χ1v) is 7.53. The van der Waals surface area contributed by atoms with Crippen molar-refractivity contribution in [3.05, 3.63) is 11.6 Å². The molecule has 0 heterocycles. The minimum Gasteiger partial charge on any atom is -0.395 e. The molecule has 0 aromatic heterocycles. The van der Waals surface area contributed by atoms with Gasteiger partial charge in [-0.1, -0.05) is 11.6 Å². The van der Waals surface area contributed by atoms with E-state index >= 15 is 0 Å². The average Bonchev–Trinajstić information content (AvgIpc) is 2.46. The van der Waals surface area contributed by atoms with Crippen LogP contribution in [-0.2, 0) is 9.53 Å². The Bertz CT molecular complexity index is 305. The summed E-state index contributed by atoms with van der Waals surface area (Å²) in [6.07, 6.45) is 8.22. The Hall–Kier alpha value is -0.910. The van der Waals surface area contributed by atoms with Gasteiger partial charge in [-0.25, -0.2) is 0 Å². The second-order valence-electron chi connectivity index (χ2n) is 5.20. The Kier molecular flexibility index (Phi) is 9.28. The van der Waals surface area contributed by atoms with Gasteiger partial charge in [0.25, 0.3) is 0 Å². The highest BCUT2D eigenvalue weighted by atomic mass is 16.5. The van der Waals surface area contributed by atoms with Crippen LogP contribution in [0.15, 0.2) is 11.6 Å². The van der Waals surface area contributed by atoms with E-state index in [2.05, 4.69) is 11.4 Å². The fourth-order valence-electron chi connectivity index (χ4n) is 2.38. The molecule has 1 amide bonds. The molecule has 0 radical (unpaired) electrons. The molecular weight excluding hydrogens is 256 g/mol. The minimum atomic E-state index is 0.0194. The Morgan fingerprint density at radius 1 is 1.45 bits per heavy atom. The molecule has 0 aromatic rings. The number of hydrogen-bond acceptors (Lipinski definition) is 4. The molecule has 0 fully saturated rings. The summed E-state index contributed by atoms with van der Waals surface area (Å²) >= 11 is 0. The van der Waals surface area contributed by atoms with E-state index in [1.54, 1.807) is 7.11 Å². The number of ether oxygens (including phenoxy) is 1. The van der Waals surface area contributed by atoms with Gasteiger partial charge < -0.3 is 15.2 Å². The lowest BCUT2D eigenvalue weighted by atomic mass is 9.97. The Labute approximate surface area is 122 Å². The molecule has 0 spiro atoms. The molecule has 0 bridgehead atoms.